The first-order valence-electron chi connectivity index (χ1n) is 11.3. The highest BCUT2D eigenvalue weighted by atomic mass is 16.4. The third kappa shape index (κ3) is 3.46. The fourth-order valence-corrected chi connectivity index (χ4v) is 4.82. The van der Waals surface area contributed by atoms with Gasteiger partial charge in [-0.3, -0.25) is 14.3 Å². The molecule has 0 spiro atoms. The highest BCUT2D eigenvalue weighted by Gasteiger charge is 2.47. The molecule has 4 aromatic rings. The molecule has 1 amide bonds. The molecule has 5 rings (SSSR count). The molecule has 1 aromatic carbocycles. The van der Waals surface area contributed by atoms with Crippen LogP contribution in [-0.2, 0) is 11.8 Å². The highest BCUT2D eigenvalue weighted by molar-refractivity contribution is 5.96. The number of carbonyl (C=O) groups excluding carboxylic acids is 1. The van der Waals surface area contributed by atoms with E-state index < -0.39 is 11.4 Å². The number of pyridine rings is 1. The lowest BCUT2D eigenvalue weighted by molar-refractivity contribution is -0.154. The van der Waals surface area contributed by atoms with Gasteiger partial charge in [0.1, 0.15) is 5.65 Å². The average molecular weight is 458 g/mol. The first kappa shape index (κ1) is 21.9. The first-order valence-corrected chi connectivity index (χ1v) is 11.3. The van der Waals surface area contributed by atoms with E-state index in [1.165, 1.54) is 0 Å². The van der Waals surface area contributed by atoms with E-state index in [0.717, 1.165) is 33.8 Å². The van der Waals surface area contributed by atoms with Crippen LogP contribution in [0, 0.1) is 19.3 Å². The summed E-state index contributed by atoms with van der Waals surface area (Å²) in [5.41, 5.74) is 6.46. The topological polar surface area (TPSA) is 102 Å². The lowest BCUT2D eigenvalue weighted by Gasteiger charge is -2.41. The van der Waals surface area contributed by atoms with Crippen LogP contribution in [0.2, 0.25) is 0 Å². The summed E-state index contributed by atoms with van der Waals surface area (Å²) in [6, 6.07) is 11.6. The van der Waals surface area contributed by atoms with Crippen LogP contribution in [0.1, 0.15) is 41.5 Å². The van der Waals surface area contributed by atoms with Crippen molar-refractivity contribution >= 4 is 17.5 Å². The summed E-state index contributed by atoms with van der Waals surface area (Å²) in [4.78, 5) is 29.0. The van der Waals surface area contributed by atoms with Crippen LogP contribution in [0.3, 0.4) is 0 Å². The van der Waals surface area contributed by atoms with Gasteiger partial charge in [0.25, 0.3) is 5.91 Å². The number of carbonyl (C=O) groups is 2. The summed E-state index contributed by atoms with van der Waals surface area (Å²) >= 11 is 0. The smallest absolute Gasteiger partial charge is 0.309 e. The number of fused-ring (bicyclic) bond motifs is 1. The fraction of sp³-hybridized carbons (Fsp3) is 0.308. The van der Waals surface area contributed by atoms with Gasteiger partial charge in [-0.05, 0) is 51.3 Å². The van der Waals surface area contributed by atoms with Gasteiger partial charge >= 0.3 is 5.97 Å². The second-order valence-electron chi connectivity index (χ2n) is 9.45. The number of aryl methyl sites for hydroxylation is 2. The van der Waals surface area contributed by atoms with E-state index in [2.05, 4.69) is 22.5 Å². The number of benzene rings is 1. The minimum Gasteiger partial charge on any atom is -0.481 e. The summed E-state index contributed by atoms with van der Waals surface area (Å²) in [5.74, 6) is -1.03. The molecule has 3 aromatic heterocycles. The fourth-order valence-electron chi connectivity index (χ4n) is 4.82. The van der Waals surface area contributed by atoms with E-state index in [-0.39, 0.29) is 11.9 Å². The third-order valence-corrected chi connectivity index (χ3v) is 7.08. The number of aromatic nitrogens is 4. The van der Waals surface area contributed by atoms with Crippen LogP contribution >= 0.6 is 0 Å². The van der Waals surface area contributed by atoms with E-state index in [0.29, 0.717) is 24.1 Å². The standard InChI is InChI=1S/C26H27N5O3/c1-15-21(14-27-30(15)4)19-7-5-6-8-20(19)23-16(2)31-10-9-17(11-22(31)29-23)24(32)28-18-12-26(3,13-18)25(33)34/h5-11,14,18H,12-13H2,1-4H3,(H,28,32)(H,33,34). The van der Waals surface area contributed by atoms with Crippen LogP contribution in [-0.4, -0.2) is 42.2 Å². The second kappa shape index (κ2) is 7.83. The Kier molecular flexibility index (Phi) is 5.04. The van der Waals surface area contributed by atoms with Gasteiger partial charge in [0, 0.05) is 47.4 Å². The van der Waals surface area contributed by atoms with Gasteiger partial charge in [-0.1, -0.05) is 24.3 Å². The molecule has 0 radical (unpaired) electrons. The van der Waals surface area contributed by atoms with Gasteiger partial charge in [0.05, 0.1) is 17.3 Å². The predicted octanol–water partition coefficient (Wildman–Crippen LogP) is 4.00. The summed E-state index contributed by atoms with van der Waals surface area (Å²) in [6.45, 7) is 5.77. The van der Waals surface area contributed by atoms with Crippen LogP contribution in [0.15, 0.2) is 48.8 Å². The van der Waals surface area contributed by atoms with Crippen molar-refractivity contribution in [1.29, 1.82) is 0 Å². The normalized spacial score (nSPS) is 19.7. The number of imidazole rings is 1. The maximum absolute atomic E-state index is 12.8. The summed E-state index contributed by atoms with van der Waals surface area (Å²) in [5, 5.41) is 16.6. The number of hydrogen-bond acceptors (Lipinski definition) is 4. The van der Waals surface area contributed by atoms with E-state index in [1.54, 1.807) is 19.1 Å². The Morgan fingerprint density at radius 1 is 1.09 bits per heavy atom. The number of nitrogens with one attached hydrogen (secondary N) is 1. The Morgan fingerprint density at radius 3 is 2.44 bits per heavy atom. The Bertz CT molecular complexity index is 1440. The molecule has 0 atom stereocenters. The molecule has 8 nitrogen and oxygen atoms in total. The predicted molar refractivity (Wildman–Crippen MR) is 129 cm³/mol. The van der Waals surface area contributed by atoms with Crippen molar-refractivity contribution in [2.45, 2.75) is 39.7 Å². The molecule has 0 aliphatic heterocycles. The van der Waals surface area contributed by atoms with Gasteiger partial charge in [0.2, 0.25) is 0 Å². The Balaban J connectivity index is 1.46. The molecule has 0 saturated heterocycles. The van der Waals surface area contributed by atoms with Crippen LogP contribution in [0.4, 0.5) is 0 Å². The molecule has 0 unspecified atom stereocenters. The average Bonchev–Trinajstić information content (AvgIpc) is 3.30. The van der Waals surface area contributed by atoms with E-state index in [4.69, 9.17) is 4.98 Å². The zero-order valence-corrected chi connectivity index (χ0v) is 19.7. The number of rotatable bonds is 5. The molecule has 0 bridgehead atoms. The molecule has 8 heteroatoms. The van der Waals surface area contributed by atoms with Crippen molar-refractivity contribution in [3.63, 3.8) is 0 Å². The van der Waals surface area contributed by atoms with Crippen LogP contribution in [0.5, 0.6) is 0 Å². The van der Waals surface area contributed by atoms with Gasteiger partial charge in [-0.2, -0.15) is 5.10 Å². The van der Waals surface area contributed by atoms with Gasteiger partial charge in [-0.25, -0.2) is 4.98 Å². The summed E-state index contributed by atoms with van der Waals surface area (Å²) in [6.07, 6.45) is 4.61. The number of carboxylic acid groups (broad SMARTS) is 1. The molecule has 174 valence electrons. The summed E-state index contributed by atoms with van der Waals surface area (Å²) < 4.78 is 3.83. The Morgan fingerprint density at radius 2 is 1.79 bits per heavy atom. The molecule has 1 aliphatic rings. The molecule has 1 saturated carbocycles. The maximum Gasteiger partial charge on any atom is 0.309 e. The lowest BCUT2D eigenvalue weighted by atomic mass is 9.67. The van der Waals surface area contributed by atoms with Crippen molar-refractivity contribution in [1.82, 2.24) is 24.5 Å². The lowest BCUT2D eigenvalue weighted by Crippen LogP contribution is -2.52. The van der Waals surface area contributed by atoms with Crippen molar-refractivity contribution in [3.05, 3.63) is 65.7 Å². The number of nitrogens with zero attached hydrogens (tertiary/aromatic N) is 4. The highest BCUT2D eigenvalue weighted by Crippen LogP contribution is 2.41. The minimum absolute atomic E-state index is 0.128. The van der Waals surface area contributed by atoms with E-state index in [9.17, 15) is 14.7 Å². The quantitative estimate of drug-likeness (QED) is 0.472. The molecular formula is C26H27N5O3. The molecule has 34 heavy (non-hydrogen) atoms. The third-order valence-electron chi connectivity index (χ3n) is 7.08. The SMILES string of the molecule is Cc1c(-c2ccccc2-c2nc3cc(C(=O)NC4CC(C)(C(=O)O)C4)ccn3c2C)cnn1C. The minimum atomic E-state index is -0.818. The Hall–Kier alpha value is -3.94. The number of carboxylic acids is 1. The molecular weight excluding hydrogens is 430 g/mol. The zero-order valence-electron chi connectivity index (χ0n) is 19.7. The van der Waals surface area contributed by atoms with Gasteiger partial charge in [-0.15, -0.1) is 0 Å². The first-order chi connectivity index (χ1) is 16.2. The van der Waals surface area contributed by atoms with Crippen molar-refractivity contribution < 1.29 is 14.7 Å². The molecule has 2 N–H and O–H groups in total. The molecule has 1 aliphatic carbocycles. The summed E-state index contributed by atoms with van der Waals surface area (Å²) in [7, 11) is 1.93. The molecule has 3 heterocycles. The van der Waals surface area contributed by atoms with Crippen molar-refractivity contribution in [3.8, 4) is 22.4 Å². The molecule has 1 fully saturated rings. The monoisotopic (exact) mass is 457 g/mol. The van der Waals surface area contributed by atoms with Gasteiger partial charge < -0.3 is 14.8 Å². The van der Waals surface area contributed by atoms with Crippen molar-refractivity contribution in [2.75, 3.05) is 0 Å². The van der Waals surface area contributed by atoms with Crippen LogP contribution in [0.25, 0.3) is 28.0 Å². The van der Waals surface area contributed by atoms with E-state index >= 15 is 0 Å². The number of amides is 1. The van der Waals surface area contributed by atoms with Crippen molar-refractivity contribution in [2.24, 2.45) is 12.5 Å². The van der Waals surface area contributed by atoms with Gasteiger partial charge in [0.15, 0.2) is 0 Å². The number of aliphatic carboxylic acids is 1. The zero-order chi connectivity index (χ0) is 24.2. The number of hydrogen-bond donors (Lipinski definition) is 2. The van der Waals surface area contributed by atoms with E-state index in [1.807, 2.05) is 54.5 Å². The largest absolute Gasteiger partial charge is 0.481 e. The second-order valence-corrected chi connectivity index (χ2v) is 9.45. The van der Waals surface area contributed by atoms with Crippen LogP contribution < -0.4 is 5.32 Å². The maximum atomic E-state index is 12.8. The Labute approximate surface area is 197 Å².